The lowest BCUT2D eigenvalue weighted by molar-refractivity contribution is -0.145. The van der Waals surface area contributed by atoms with Crippen LogP contribution in [0.1, 0.15) is 38.5 Å². The van der Waals surface area contributed by atoms with Crippen molar-refractivity contribution in [2.75, 3.05) is 57.9 Å². The van der Waals surface area contributed by atoms with Crippen LogP contribution in [0, 0.1) is 6.92 Å². The van der Waals surface area contributed by atoms with E-state index in [1.807, 2.05) is 0 Å². The van der Waals surface area contributed by atoms with Gasteiger partial charge in [-0.25, -0.2) is 4.79 Å². The summed E-state index contributed by atoms with van der Waals surface area (Å²) in [6, 6.07) is -1.65. The molecule has 0 aromatic carbocycles. The van der Waals surface area contributed by atoms with Crippen LogP contribution in [-0.2, 0) is 19.1 Å². The van der Waals surface area contributed by atoms with Gasteiger partial charge in [0.2, 0.25) is 11.8 Å². The minimum absolute atomic E-state index is 0.105. The molecule has 0 aliphatic carbocycles. The summed E-state index contributed by atoms with van der Waals surface area (Å²) in [4.78, 5) is 36.1. The van der Waals surface area contributed by atoms with Gasteiger partial charge < -0.3 is 37.5 Å². The molecule has 2 amide bonds. The Morgan fingerprint density at radius 3 is 2.22 bits per heavy atom. The summed E-state index contributed by atoms with van der Waals surface area (Å²) in [7, 11) is 1.24. The van der Waals surface area contributed by atoms with E-state index in [1.165, 1.54) is 18.9 Å². The van der Waals surface area contributed by atoms with Gasteiger partial charge in [0.05, 0.1) is 13.2 Å². The third-order valence-electron chi connectivity index (χ3n) is 4.61. The second kappa shape index (κ2) is 21.4. The van der Waals surface area contributed by atoms with Gasteiger partial charge in [-0.3, -0.25) is 9.59 Å². The highest BCUT2D eigenvalue weighted by molar-refractivity contribution is 7.99. The Balaban J connectivity index is 3.91. The lowest BCUT2D eigenvalue weighted by Gasteiger charge is -2.19. The molecule has 10 nitrogen and oxygen atoms in total. The molecular formula is C21H43N6O4S. The molecule has 0 unspecified atom stereocenters. The maximum atomic E-state index is 12.1. The summed E-state index contributed by atoms with van der Waals surface area (Å²) >= 11 is 1.44. The smallest absolute Gasteiger partial charge is 0.328 e. The maximum absolute atomic E-state index is 12.1. The van der Waals surface area contributed by atoms with Gasteiger partial charge in [0.1, 0.15) is 6.04 Å². The zero-order chi connectivity index (χ0) is 24.0. The highest BCUT2D eigenvalue weighted by atomic mass is 32.2. The van der Waals surface area contributed by atoms with Crippen LogP contribution in [0.3, 0.4) is 0 Å². The molecule has 0 aliphatic rings. The highest BCUT2D eigenvalue weighted by Crippen LogP contribution is 2.04. The number of hydrogen-bond donors (Lipinski definition) is 6. The normalized spacial score (nSPS) is 12.8. The van der Waals surface area contributed by atoms with Crippen molar-refractivity contribution in [2.45, 2.75) is 50.6 Å². The van der Waals surface area contributed by atoms with Crippen LogP contribution >= 0.6 is 11.8 Å². The molecule has 0 spiro atoms. The van der Waals surface area contributed by atoms with Gasteiger partial charge >= 0.3 is 5.97 Å². The Hall–Kier alpha value is -1.40. The SMILES string of the molecule is [CH2]CSC[C@H](N)C(=O)N[C@@H](CCC(=O)NCCCNCCCCNCCCN)C(=O)OC. The van der Waals surface area contributed by atoms with Crippen molar-refractivity contribution < 1.29 is 19.1 Å². The Kier molecular flexibility index (Phi) is 20.5. The van der Waals surface area contributed by atoms with E-state index in [4.69, 9.17) is 16.2 Å². The van der Waals surface area contributed by atoms with E-state index in [9.17, 15) is 14.4 Å². The van der Waals surface area contributed by atoms with E-state index in [1.54, 1.807) is 0 Å². The average Bonchev–Trinajstić information content (AvgIpc) is 2.79. The Morgan fingerprint density at radius 1 is 1.00 bits per heavy atom. The lowest BCUT2D eigenvalue weighted by Crippen LogP contribution is -2.50. The van der Waals surface area contributed by atoms with E-state index in [-0.39, 0.29) is 18.7 Å². The predicted octanol–water partition coefficient (Wildman–Crippen LogP) is -0.867. The third-order valence-corrected chi connectivity index (χ3v) is 5.49. The van der Waals surface area contributed by atoms with E-state index in [2.05, 4.69) is 28.2 Å². The number of hydrogen-bond acceptors (Lipinski definition) is 9. The molecule has 0 aromatic rings. The quantitative estimate of drug-likeness (QED) is 0.0916. The van der Waals surface area contributed by atoms with Crippen molar-refractivity contribution in [1.82, 2.24) is 21.3 Å². The third kappa shape index (κ3) is 17.2. The Labute approximate surface area is 197 Å². The number of ether oxygens (including phenoxy) is 1. The topological polar surface area (TPSA) is 161 Å². The van der Waals surface area contributed by atoms with Crippen LogP contribution in [0.25, 0.3) is 0 Å². The fourth-order valence-corrected chi connectivity index (χ4v) is 3.31. The number of thioether (sulfide) groups is 1. The van der Waals surface area contributed by atoms with Crippen LogP contribution in [0.5, 0.6) is 0 Å². The van der Waals surface area contributed by atoms with Crippen molar-refractivity contribution in [3.63, 3.8) is 0 Å². The molecule has 11 heteroatoms. The lowest BCUT2D eigenvalue weighted by atomic mass is 10.1. The molecule has 0 saturated carbocycles. The fraction of sp³-hybridized carbons (Fsp3) is 0.810. The average molecular weight is 476 g/mol. The molecule has 0 aromatic heterocycles. The first-order chi connectivity index (χ1) is 15.5. The van der Waals surface area contributed by atoms with Crippen molar-refractivity contribution in [3.05, 3.63) is 6.92 Å². The number of esters is 1. The molecule has 1 radical (unpaired) electrons. The standard InChI is InChI=1S/C21H43N6O4S/c1-3-32-16-17(23)20(29)27-18(21(30)31-2)8-9-19(28)26-15-7-14-25-12-5-4-11-24-13-6-10-22/h17-18,24-25H,1,3-16,22-23H2,2H3,(H,26,28)(H,27,29)/t17-,18-/m0/s1. The molecule has 187 valence electrons. The molecule has 0 saturated heterocycles. The fourth-order valence-electron chi connectivity index (χ4n) is 2.74. The van der Waals surface area contributed by atoms with Crippen LogP contribution in [0.2, 0.25) is 0 Å². The summed E-state index contributed by atoms with van der Waals surface area (Å²) in [5.41, 5.74) is 11.2. The monoisotopic (exact) mass is 475 g/mol. The van der Waals surface area contributed by atoms with Gasteiger partial charge in [0, 0.05) is 18.7 Å². The van der Waals surface area contributed by atoms with Crippen LogP contribution in [0.4, 0.5) is 0 Å². The van der Waals surface area contributed by atoms with Gasteiger partial charge in [-0.2, -0.15) is 11.8 Å². The first-order valence-corrected chi connectivity index (χ1v) is 12.5. The summed E-state index contributed by atoms with van der Waals surface area (Å²) in [6.45, 7) is 8.70. The minimum Gasteiger partial charge on any atom is -0.467 e. The molecule has 32 heavy (non-hydrogen) atoms. The van der Waals surface area contributed by atoms with Crippen molar-refractivity contribution in [3.8, 4) is 0 Å². The number of methoxy groups -OCH3 is 1. The van der Waals surface area contributed by atoms with E-state index >= 15 is 0 Å². The number of nitrogens with two attached hydrogens (primary N) is 2. The number of nitrogens with one attached hydrogen (secondary N) is 4. The number of unbranched alkanes of at least 4 members (excludes halogenated alkanes) is 1. The number of carbonyl (C=O) groups excluding carboxylic acids is 3. The van der Waals surface area contributed by atoms with Crippen LogP contribution < -0.4 is 32.7 Å². The van der Waals surface area contributed by atoms with Gasteiger partial charge in [0.25, 0.3) is 0 Å². The van der Waals surface area contributed by atoms with Gasteiger partial charge in [-0.05, 0) is 77.5 Å². The molecule has 0 bridgehead atoms. The van der Waals surface area contributed by atoms with E-state index < -0.39 is 24.0 Å². The van der Waals surface area contributed by atoms with Crippen LogP contribution in [-0.4, -0.2) is 87.8 Å². The second-order valence-corrected chi connectivity index (χ2v) is 8.51. The van der Waals surface area contributed by atoms with Crippen molar-refractivity contribution in [1.29, 1.82) is 0 Å². The molecule has 2 atom stereocenters. The summed E-state index contributed by atoms with van der Waals surface area (Å²) in [5.74, 6) is -0.206. The van der Waals surface area contributed by atoms with Crippen molar-refractivity contribution >= 4 is 29.5 Å². The molecule has 0 fully saturated rings. The Morgan fingerprint density at radius 2 is 1.62 bits per heavy atom. The summed E-state index contributed by atoms with van der Waals surface area (Å²) in [5, 5.41) is 12.1. The van der Waals surface area contributed by atoms with Gasteiger partial charge in [-0.15, -0.1) is 0 Å². The van der Waals surface area contributed by atoms with E-state index in [0.29, 0.717) is 18.1 Å². The largest absolute Gasteiger partial charge is 0.467 e. The van der Waals surface area contributed by atoms with Crippen LogP contribution in [0.15, 0.2) is 0 Å². The first-order valence-electron chi connectivity index (χ1n) is 11.3. The number of rotatable bonds is 21. The molecular weight excluding hydrogens is 432 g/mol. The maximum Gasteiger partial charge on any atom is 0.328 e. The molecule has 0 rings (SSSR count). The van der Waals surface area contributed by atoms with Crippen molar-refractivity contribution in [2.24, 2.45) is 11.5 Å². The number of amides is 2. The highest BCUT2D eigenvalue weighted by Gasteiger charge is 2.25. The zero-order valence-corrected chi connectivity index (χ0v) is 20.3. The predicted molar refractivity (Wildman–Crippen MR) is 130 cm³/mol. The first kappa shape index (κ1) is 30.6. The van der Waals surface area contributed by atoms with E-state index in [0.717, 1.165) is 58.4 Å². The zero-order valence-electron chi connectivity index (χ0n) is 19.5. The summed E-state index contributed by atoms with van der Waals surface area (Å²) < 4.78 is 4.73. The van der Waals surface area contributed by atoms with Gasteiger partial charge in [-0.1, -0.05) is 0 Å². The van der Waals surface area contributed by atoms with Gasteiger partial charge in [0.15, 0.2) is 0 Å². The Bertz CT molecular complexity index is 513. The molecule has 8 N–H and O–H groups in total. The summed E-state index contributed by atoms with van der Waals surface area (Å²) in [6.07, 6.45) is 4.29. The number of carbonyl (C=O) groups is 3. The second-order valence-electron chi connectivity index (χ2n) is 7.36. The molecule has 0 aliphatic heterocycles. The molecule has 0 heterocycles. The minimum atomic E-state index is -0.902.